The van der Waals surface area contributed by atoms with Gasteiger partial charge in [0.2, 0.25) is 10.0 Å². The molecule has 142 valence electrons. The fourth-order valence-corrected chi connectivity index (χ4v) is 4.58. The lowest BCUT2D eigenvalue weighted by atomic mass is 10.0. The summed E-state index contributed by atoms with van der Waals surface area (Å²) in [5.41, 5.74) is 1.80. The highest BCUT2D eigenvalue weighted by molar-refractivity contribution is 7.90. The molecule has 0 aliphatic heterocycles. The second-order valence-electron chi connectivity index (χ2n) is 6.76. The van der Waals surface area contributed by atoms with Crippen LogP contribution in [0.25, 0.3) is 0 Å². The quantitative estimate of drug-likeness (QED) is 0.749. The standard InChI is InChI=1S/C19H25NO4S2/c1-14(2)16-6-12-19(13-7-16)26(23,24)20(4)15(3)17-8-10-18(11-9-17)25(5,21)22/h6-15H,1-5H3. The second kappa shape index (κ2) is 7.50. The van der Waals surface area contributed by atoms with Crippen molar-refractivity contribution in [2.45, 2.75) is 42.5 Å². The Kier molecular flexibility index (Phi) is 5.95. The van der Waals surface area contributed by atoms with Gasteiger partial charge in [0, 0.05) is 19.3 Å². The molecule has 2 rings (SSSR count). The maximum Gasteiger partial charge on any atom is 0.243 e. The number of nitrogens with zero attached hydrogens (tertiary/aromatic N) is 1. The van der Waals surface area contributed by atoms with E-state index in [0.717, 1.165) is 17.4 Å². The van der Waals surface area contributed by atoms with Crippen molar-refractivity contribution in [3.8, 4) is 0 Å². The van der Waals surface area contributed by atoms with Gasteiger partial charge in [-0.25, -0.2) is 16.8 Å². The zero-order chi connectivity index (χ0) is 19.7. The molecule has 0 aliphatic rings. The Balaban J connectivity index is 2.29. The first-order chi connectivity index (χ1) is 11.9. The highest BCUT2D eigenvalue weighted by atomic mass is 32.2. The summed E-state index contributed by atoms with van der Waals surface area (Å²) in [5.74, 6) is 0.330. The molecule has 2 aromatic carbocycles. The Morgan fingerprint density at radius 1 is 0.731 bits per heavy atom. The molecule has 0 saturated carbocycles. The van der Waals surface area contributed by atoms with Crippen LogP contribution in [-0.4, -0.2) is 34.4 Å². The molecule has 1 unspecified atom stereocenters. The number of sulfone groups is 1. The lowest BCUT2D eigenvalue weighted by molar-refractivity contribution is 0.398. The van der Waals surface area contributed by atoms with Crippen LogP contribution in [-0.2, 0) is 19.9 Å². The number of hydrogen-bond acceptors (Lipinski definition) is 4. The summed E-state index contributed by atoms with van der Waals surface area (Å²) in [4.78, 5) is 0.451. The molecule has 26 heavy (non-hydrogen) atoms. The van der Waals surface area contributed by atoms with Crippen molar-refractivity contribution in [2.75, 3.05) is 13.3 Å². The number of sulfonamides is 1. The van der Waals surface area contributed by atoms with Crippen molar-refractivity contribution in [3.63, 3.8) is 0 Å². The summed E-state index contributed by atoms with van der Waals surface area (Å²) in [6.45, 7) is 5.88. The van der Waals surface area contributed by atoms with E-state index in [4.69, 9.17) is 0 Å². The van der Waals surface area contributed by atoms with E-state index >= 15 is 0 Å². The minimum atomic E-state index is -3.65. The summed E-state index contributed by atoms with van der Waals surface area (Å²) >= 11 is 0. The first-order valence-electron chi connectivity index (χ1n) is 8.32. The normalized spacial score (nSPS) is 14.0. The molecular formula is C19H25NO4S2. The third-order valence-corrected chi connectivity index (χ3v) is 7.63. The fourth-order valence-electron chi connectivity index (χ4n) is 2.60. The topological polar surface area (TPSA) is 71.5 Å². The van der Waals surface area contributed by atoms with Crippen LogP contribution in [0.4, 0.5) is 0 Å². The van der Waals surface area contributed by atoms with Crippen LogP contribution in [0, 0.1) is 0 Å². The predicted octanol–water partition coefficient (Wildman–Crippen LogP) is 3.60. The van der Waals surface area contributed by atoms with Crippen LogP contribution >= 0.6 is 0 Å². The predicted molar refractivity (Wildman–Crippen MR) is 103 cm³/mol. The Morgan fingerprint density at radius 2 is 1.15 bits per heavy atom. The molecule has 0 heterocycles. The van der Waals surface area contributed by atoms with E-state index in [1.165, 1.54) is 23.5 Å². The average molecular weight is 396 g/mol. The number of benzene rings is 2. The molecule has 0 N–H and O–H groups in total. The van der Waals surface area contributed by atoms with Crippen molar-refractivity contribution >= 4 is 19.9 Å². The summed E-state index contributed by atoms with van der Waals surface area (Å²) in [6.07, 6.45) is 1.14. The van der Waals surface area contributed by atoms with Gasteiger partial charge < -0.3 is 0 Å². The molecule has 0 amide bonds. The van der Waals surface area contributed by atoms with E-state index in [2.05, 4.69) is 13.8 Å². The lowest BCUT2D eigenvalue weighted by Crippen LogP contribution is -2.29. The molecule has 0 aliphatic carbocycles. The van der Waals surface area contributed by atoms with E-state index in [1.54, 1.807) is 31.2 Å². The van der Waals surface area contributed by atoms with Crippen LogP contribution in [0.5, 0.6) is 0 Å². The van der Waals surface area contributed by atoms with Crippen molar-refractivity contribution in [3.05, 3.63) is 59.7 Å². The van der Waals surface area contributed by atoms with E-state index in [-0.39, 0.29) is 9.79 Å². The summed E-state index contributed by atoms with van der Waals surface area (Å²) < 4.78 is 50.2. The molecule has 0 aromatic heterocycles. The molecule has 0 fully saturated rings. The zero-order valence-corrected chi connectivity index (χ0v) is 17.3. The third kappa shape index (κ3) is 4.34. The first kappa shape index (κ1) is 20.6. The van der Waals surface area contributed by atoms with Crippen molar-refractivity contribution < 1.29 is 16.8 Å². The Bertz CT molecular complexity index is 961. The summed E-state index contributed by atoms with van der Waals surface area (Å²) in [6, 6.07) is 12.8. The molecular weight excluding hydrogens is 370 g/mol. The monoisotopic (exact) mass is 395 g/mol. The third-order valence-electron chi connectivity index (χ3n) is 4.56. The molecule has 0 radical (unpaired) electrons. The van der Waals surface area contributed by atoms with Gasteiger partial charge in [-0.2, -0.15) is 4.31 Å². The van der Waals surface area contributed by atoms with Crippen LogP contribution < -0.4 is 0 Å². The maximum absolute atomic E-state index is 12.9. The maximum atomic E-state index is 12.9. The van der Waals surface area contributed by atoms with Gasteiger partial charge in [0.05, 0.1) is 9.79 Å². The molecule has 0 saturated heterocycles. The minimum absolute atomic E-state index is 0.211. The Hall–Kier alpha value is -1.70. The van der Waals surface area contributed by atoms with Gasteiger partial charge >= 0.3 is 0 Å². The van der Waals surface area contributed by atoms with Crippen molar-refractivity contribution in [2.24, 2.45) is 0 Å². The Morgan fingerprint density at radius 3 is 1.58 bits per heavy atom. The van der Waals surface area contributed by atoms with Crippen LogP contribution in [0.2, 0.25) is 0 Å². The van der Waals surface area contributed by atoms with Crippen molar-refractivity contribution in [1.29, 1.82) is 0 Å². The number of hydrogen-bond donors (Lipinski definition) is 0. The molecule has 7 heteroatoms. The van der Waals surface area contributed by atoms with Crippen LogP contribution in [0.1, 0.15) is 43.9 Å². The largest absolute Gasteiger partial charge is 0.243 e. The van der Waals surface area contributed by atoms with Gasteiger partial charge in [-0.1, -0.05) is 38.1 Å². The lowest BCUT2D eigenvalue weighted by Gasteiger charge is -2.25. The number of rotatable bonds is 6. The molecule has 5 nitrogen and oxygen atoms in total. The van der Waals surface area contributed by atoms with Crippen LogP contribution in [0.15, 0.2) is 58.3 Å². The average Bonchev–Trinajstić information content (AvgIpc) is 2.59. The van der Waals surface area contributed by atoms with Crippen molar-refractivity contribution in [1.82, 2.24) is 4.31 Å². The molecule has 0 bridgehead atoms. The van der Waals surface area contributed by atoms with Gasteiger partial charge in [-0.3, -0.25) is 0 Å². The van der Waals surface area contributed by atoms with E-state index in [0.29, 0.717) is 5.92 Å². The fraction of sp³-hybridized carbons (Fsp3) is 0.368. The molecule has 0 spiro atoms. The SMILES string of the molecule is CC(C)c1ccc(S(=O)(=O)N(C)C(C)c2ccc(S(C)(=O)=O)cc2)cc1. The van der Waals surface area contributed by atoms with Crippen LogP contribution in [0.3, 0.4) is 0 Å². The highest BCUT2D eigenvalue weighted by Gasteiger charge is 2.26. The van der Waals surface area contributed by atoms with Gasteiger partial charge in [-0.15, -0.1) is 0 Å². The van der Waals surface area contributed by atoms with Gasteiger partial charge in [0.15, 0.2) is 9.84 Å². The highest BCUT2D eigenvalue weighted by Crippen LogP contribution is 2.27. The van der Waals surface area contributed by atoms with E-state index in [1.807, 2.05) is 12.1 Å². The molecule has 1 atom stereocenters. The smallest absolute Gasteiger partial charge is 0.224 e. The molecule has 2 aromatic rings. The zero-order valence-electron chi connectivity index (χ0n) is 15.7. The first-order valence-corrected chi connectivity index (χ1v) is 11.7. The Labute approximate surface area is 156 Å². The van der Waals surface area contributed by atoms with Gasteiger partial charge in [0.25, 0.3) is 0 Å². The van der Waals surface area contributed by atoms with E-state index < -0.39 is 25.9 Å². The second-order valence-corrected chi connectivity index (χ2v) is 10.8. The minimum Gasteiger partial charge on any atom is -0.224 e. The summed E-state index contributed by atoms with van der Waals surface area (Å²) in [7, 11) is -5.40. The van der Waals surface area contributed by atoms with Gasteiger partial charge in [-0.05, 0) is 48.2 Å². The summed E-state index contributed by atoms with van der Waals surface area (Å²) in [5, 5.41) is 0. The van der Waals surface area contributed by atoms with E-state index in [9.17, 15) is 16.8 Å². The van der Waals surface area contributed by atoms with Gasteiger partial charge in [0.1, 0.15) is 0 Å².